The van der Waals surface area contributed by atoms with Crippen LogP contribution in [-0.4, -0.2) is 52.9 Å². The van der Waals surface area contributed by atoms with E-state index in [0.717, 1.165) is 49.5 Å². The fourth-order valence-electron chi connectivity index (χ4n) is 3.96. The zero-order valence-electron chi connectivity index (χ0n) is 14.1. The minimum atomic E-state index is 0.288. The van der Waals surface area contributed by atoms with E-state index in [1.165, 1.54) is 25.8 Å². The van der Waals surface area contributed by atoms with E-state index < -0.39 is 0 Å². The molecular formula is C19H25N3O2. The van der Waals surface area contributed by atoms with Crippen molar-refractivity contribution in [3.63, 3.8) is 0 Å². The summed E-state index contributed by atoms with van der Waals surface area (Å²) in [6.45, 7) is 4.06. The van der Waals surface area contributed by atoms with Crippen LogP contribution in [0.15, 0.2) is 28.7 Å². The lowest BCUT2D eigenvalue weighted by Gasteiger charge is -2.44. The SMILES string of the molecule is O=C(CCCc1nc2ccccc2o1)N1CCN2CCCC[C@H]2C1. The number of hydrogen-bond acceptors (Lipinski definition) is 4. The number of aryl methyl sites for hydroxylation is 1. The highest BCUT2D eigenvalue weighted by molar-refractivity contribution is 5.76. The van der Waals surface area contributed by atoms with Gasteiger partial charge in [-0.2, -0.15) is 0 Å². The molecule has 5 nitrogen and oxygen atoms in total. The second-order valence-corrected chi connectivity index (χ2v) is 6.95. The Hall–Kier alpha value is -1.88. The number of fused-ring (bicyclic) bond motifs is 2. The summed E-state index contributed by atoms with van der Waals surface area (Å²) in [5.74, 6) is 1.03. The van der Waals surface area contributed by atoms with Crippen LogP contribution in [0, 0.1) is 0 Å². The monoisotopic (exact) mass is 327 g/mol. The molecule has 1 amide bonds. The number of carbonyl (C=O) groups is 1. The predicted octanol–water partition coefficient (Wildman–Crippen LogP) is 2.85. The largest absolute Gasteiger partial charge is 0.441 e. The van der Waals surface area contributed by atoms with Crippen LogP contribution in [0.5, 0.6) is 0 Å². The Morgan fingerprint density at radius 1 is 1.21 bits per heavy atom. The van der Waals surface area contributed by atoms with E-state index in [9.17, 15) is 4.79 Å². The smallest absolute Gasteiger partial charge is 0.222 e. The van der Waals surface area contributed by atoms with Crippen LogP contribution in [0.4, 0.5) is 0 Å². The summed E-state index contributed by atoms with van der Waals surface area (Å²) in [5, 5.41) is 0. The van der Waals surface area contributed by atoms with Gasteiger partial charge in [0.15, 0.2) is 11.5 Å². The van der Waals surface area contributed by atoms with E-state index in [2.05, 4.69) is 14.8 Å². The molecule has 0 unspecified atom stereocenters. The number of hydrogen-bond donors (Lipinski definition) is 0. The highest BCUT2D eigenvalue weighted by Crippen LogP contribution is 2.22. The fourth-order valence-corrected chi connectivity index (χ4v) is 3.96. The second-order valence-electron chi connectivity index (χ2n) is 6.95. The first-order valence-corrected chi connectivity index (χ1v) is 9.16. The molecule has 2 aliphatic heterocycles. The third kappa shape index (κ3) is 3.31. The van der Waals surface area contributed by atoms with Gasteiger partial charge in [0.2, 0.25) is 5.91 Å². The van der Waals surface area contributed by atoms with Gasteiger partial charge in [-0.3, -0.25) is 9.69 Å². The van der Waals surface area contributed by atoms with Gasteiger partial charge in [0.1, 0.15) is 5.52 Å². The Labute approximate surface area is 142 Å². The molecule has 0 saturated carbocycles. The van der Waals surface area contributed by atoms with Gasteiger partial charge in [0.25, 0.3) is 0 Å². The molecule has 3 heterocycles. The Morgan fingerprint density at radius 3 is 3.04 bits per heavy atom. The first kappa shape index (κ1) is 15.6. The van der Waals surface area contributed by atoms with E-state index in [-0.39, 0.29) is 5.91 Å². The summed E-state index contributed by atoms with van der Waals surface area (Å²) in [6, 6.07) is 8.39. The van der Waals surface area contributed by atoms with Crippen LogP contribution in [-0.2, 0) is 11.2 Å². The molecule has 2 aromatic rings. The summed E-state index contributed by atoms with van der Waals surface area (Å²) >= 11 is 0. The van der Waals surface area contributed by atoms with Crippen LogP contribution in [0.3, 0.4) is 0 Å². The molecule has 128 valence electrons. The van der Waals surface area contributed by atoms with Gasteiger partial charge >= 0.3 is 0 Å². The number of amides is 1. The van der Waals surface area contributed by atoms with Crippen molar-refractivity contribution in [2.45, 2.75) is 44.6 Å². The molecular weight excluding hydrogens is 302 g/mol. The van der Waals surface area contributed by atoms with Crippen molar-refractivity contribution < 1.29 is 9.21 Å². The molecule has 4 rings (SSSR count). The first-order valence-electron chi connectivity index (χ1n) is 9.16. The number of aromatic nitrogens is 1. The average Bonchev–Trinajstić information content (AvgIpc) is 3.04. The number of para-hydroxylation sites is 2. The molecule has 5 heteroatoms. The number of piperazine rings is 1. The van der Waals surface area contributed by atoms with Crippen molar-refractivity contribution in [1.82, 2.24) is 14.8 Å². The number of carbonyl (C=O) groups excluding carboxylic acids is 1. The quantitative estimate of drug-likeness (QED) is 0.866. The molecule has 2 fully saturated rings. The zero-order valence-corrected chi connectivity index (χ0v) is 14.1. The second kappa shape index (κ2) is 6.93. The van der Waals surface area contributed by atoms with Gasteiger partial charge in [-0.15, -0.1) is 0 Å². The Morgan fingerprint density at radius 2 is 2.12 bits per heavy atom. The molecule has 0 spiro atoms. The van der Waals surface area contributed by atoms with Gasteiger partial charge in [0, 0.05) is 38.5 Å². The highest BCUT2D eigenvalue weighted by atomic mass is 16.3. The number of piperidine rings is 1. The maximum atomic E-state index is 12.5. The number of oxazole rings is 1. The number of benzene rings is 1. The van der Waals surface area contributed by atoms with E-state index in [0.29, 0.717) is 12.5 Å². The summed E-state index contributed by atoms with van der Waals surface area (Å²) in [7, 11) is 0. The molecule has 1 atom stereocenters. The fraction of sp³-hybridized carbons (Fsp3) is 0.579. The highest BCUT2D eigenvalue weighted by Gasteiger charge is 2.30. The Bertz CT molecular complexity index is 678. The van der Waals surface area contributed by atoms with E-state index in [1.807, 2.05) is 24.3 Å². The van der Waals surface area contributed by atoms with Gasteiger partial charge in [-0.25, -0.2) is 4.98 Å². The number of rotatable bonds is 4. The van der Waals surface area contributed by atoms with Crippen LogP contribution in [0.2, 0.25) is 0 Å². The minimum Gasteiger partial charge on any atom is -0.441 e. The van der Waals surface area contributed by atoms with Gasteiger partial charge in [0.05, 0.1) is 0 Å². The molecule has 0 aliphatic carbocycles. The van der Waals surface area contributed by atoms with Crippen molar-refractivity contribution in [3.05, 3.63) is 30.2 Å². The third-order valence-electron chi connectivity index (χ3n) is 5.31. The van der Waals surface area contributed by atoms with Crippen molar-refractivity contribution in [2.24, 2.45) is 0 Å². The lowest BCUT2D eigenvalue weighted by molar-refractivity contribution is -0.134. The van der Waals surface area contributed by atoms with Crippen LogP contribution in [0.25, 0.3) is 11.1 Å². The van der Waals surface area contributed by atoms with Crippen LogP contribution < -0.4 is 0 Å². The molecule has 1 aromatic heterocycles. The van der Waals surface area contributed by atoms with Gasteiger partial charge < -0.3 is 9.32 Å². The Kier molecular flexibility index (Phi) is 4.52. The average molecular weight is 327 g/mol. The maximum absolute atomic E-state index is 12.5. The molecule has 0 radical (unpaired) electrons. The predicted molar refractivity (Wildman–Crippen MR) is 92.7 cm³/mol. The summed E-state index contributed by atoms with van der Waals surface area (Å²) < 4.78 is 5.72. The molecule has 0 N–H and O–H groups in total. The molecule has 24 heavy (non-hydrogen) atoms. The summed E-state index contributed by atoms with van der Waals surface area (Å²) in [6.07, 6.45) is 5.98. The van der Waals surface area contributed by atoms with Crippen molar-refractivity contribution in [2.75, 3.05) is 26.2 Å². The van der Waals surface area contributed by atoms with Crippen molar-refractivity contribution >= 4 is 17.0 Å². The summed E-state index contributed by atoms with van der Waals surface area (Å²) in [4.78, 5) is 21.6. The van der Waals surface area contributed by atoms with E-state index in [1.54, 1.807) is 0 Å². The lowest BCUT2D eigenvalue weighted by atomic mass is 9.99. The lowest BCUT2D eigenvalue weighted by Crippen LogP contribution is -2.56. The molecule has 2 saturated heterocycles. The van der Waals surface area contributed by atoms with Gasteiger partial charge in [-0.05, 0) is 37.9 Å². The minimum absolute atomic E-state index is 0.288. The standard InChI is InChI=1S/C19H25N3O2/c23-19(22-13-12-21-11-4-3-6-15(21)14-22)10-5-9-18-20-16-7-1-2-8-17(16)24-18/h1-2,7-8,15H,3-6,9-14H2/t15-/m0/s1. The summed E-state index contributed by atoms with van der Waals surface area (Å²) in [5.41, 5.74) is 1.72. The van der Waals surface area contributed by atoms with E-state index >= 15 is 0 Å². The molecule has 2 aliphatic rings. The molecule has 1 aromatic carbocycles. The molecule has 0 bridgehead atoms. The third-order valence-corrected chi connectivity index (χ3v) is 5.31. The van der Waals surface area contributed by atoms with Crippen LogP contribution in [0.1, 0.15) is 38.0 Å². The topological polar surface area (TPSA) is 49.6 Å². The van der Waals surface area contributed by atoms with Crippen LogP contribution >= 0.6 is 0 Å². The van der Waals surface area contributed by atoms with Gasteiger partial charge in [-0.1, -0.05) is 18.6 Å². The Balaban J connectivity index is 1.27. The zero-order chi connectivity index (χ0) is 16.4. The first-order chi connectivity index (χ1) is 11.8. The normalized spacial score (nSPS) is 21.8. The van der Waals surface area contributed by atoms with Crippen molar-refractivity contribution in [1.29, 1.82) is 0 Å². The van der Waals surface area contributed by atoms with Crippen molar-refractivity contribution in [3.8, 4) is 0 Å². The maximum Gasteiger partial charge on any atom is 0.222 e. The van der Waals surface area contributed by atoms with E-state index in [4.69, 9.17) is 4.42 Å². The number of nitrogens with zero attached hydrogens (tertiary/aromatic N) is 3.